The van der Waals surface area contributed by atoms with Gasteiger partial charge in [-0.25, -0.2) is 4.79 Å². The van der Waals surface area contributed by atoms with Crippen molar-refractivity contribution >= 4 is 23.7 Å². The van der Waals surface area contributed by atoms with E-state index < -0.39 is 5.97 Å². The molecule has 0 bridgehead atoms. The Morgan fingerprint density at radius 1 is 1.15 bits per heavy atom. The van der Waals surface area contributed by atoms with Crippen LogP contribution >= 0.6 is 11.8 Å². The van der Waals surface area contributed by atoms with E-state index in [0.717, 1.165) is 11.3 Å². The van der Waals surface area contributed by atoms with Gasteiger partial charge in [0.15, 0.2) is 0 Å². The average Bonchev–Trinajstić information content (AvgIpc) is 2.45. The zero-order valence-electron chi connectivity index (χ0n) is 11.3. The van der Waals surface area contributed by atoms with Crippen LogP contribution in [0.4, 0.5) is 0 Å². The maximum atomic E-state index is 11.4. The van der Waals surface area contributed by atoms with Crippen LogP contribution in [0, 0.1) is 0 Å². The molecule has 0 aliphatic rings. The molecule has 6 heteroatoms. The monoisotopic (exact) mass is 298 g/mol. The Kier molecular flexibility index (Phi) is 7.75. The van der Waals surface area contributed by atoms with Crippen LogP contribution in [0.25, 0.3) is 0 Å². The lowest BCUT2D eigenvalue weighted by Gasteiger charge is -2.05. The Labute approximate surface area is 122 Å². The summed E-state index contributed by atoms with van der Waals surface area (Å²) in [5, 5.41) is 8.76. The number of carboxylic acids is 1. The predicted molar refractivity (Wildman–Crippen MR) is 76.2 cm³/mol. The van der Waals surface area contributed by atoms with Gasteiger partial charge in [-0.05, 0) is 30.7 Å². The van der Waals surface area contributed by atoms with Crippen LogP contribution in [0.15, 0.2) is 29.2 Å². The number of esters is 1. The third-order valence-electron chi connectivity index (χ3n) is 2.30. The van der Waals surface area contributed by atoms with Gasteiger partial charge in [-0.3, -0.25) is 4.79 Å². The van der Waals surface area contributed by atoms with Gasteiger partial charge in [0.05, 0.1) is 17.9 Å². The van der Waals surface area contributed by atoms with Crippen LogP contribution in [-0.4, -0.2) is 42.6 Å². The number of hydrogen-bond acceptors (Lipinski definition) is 5. The van der Waals surface area contributed by atoms with Crippen LogP contribution in [0.3, 0.4) is 0 Å². The third kappa shape index (κ3) is 6.58. The number of carbonyl (C=O) groups excluding carboxylic acids is 1. The minimum Gasteiger partial charge on any atom is -0.478 e. The first-order valence-electron chi connectivity index (χ1n) is 6.33. The summed E-state index contributed by atoms with van der Waals surface area (Å²) in [4.78, 5) is 22.9. The molecule has 0 radical (unpaired) electrons. The van der Waals surface area contributed by atoms with Gasteiger partial charge in [0.1, 0.15) is 6.61 Å². The lowest BCUT2D eigenvalue weighted by Crippen LogP contribution is -2.12. The lowest BCUT2D eigenvalue weighted by molar-refractivity contribution is -0.141. The van der Waals surface area contributed by atoms with Crippen LogP contribution in [0.2, 0.25) is 0 Å². The molecular formula is C14H18O5S. The molecule has 1 aromatic carbocycles. The summed E-state index contributed by atoms with van der Waals surface area (Å²) in [5.74, 6) is -1.08. The van der Waals surface area contributed by atoms with E-state index in [1.807, 2.05) is 6.92 Å². The summed E-state index contributed by atoms with van der Waals surface area (Å²) in [6.45, 7) is 3.36. The molecule has 0 aromatic heterocycles. The number of hydrogen-bond donors (Lipinski definition) is 1. The first-order chi connectivity index (χ1) is 9.63. The first-order valence-corrected chi connectivity index (χ1v) is 7.31. The van der Waals surface area contributed by atoms with Crippen molar-refractivity contribution in [1.29, 1.82) is 0 Å². The topological polar surface area (TPSA) is 72.8 Å². The van der Waals surface area contributed by atoms with Crippen molar-refractivity contribution in [3.8, 4) is 0 Å². The van der Waals surface area contributed by atoms with E-state index in [2.05, 4.69) is 0 Å². The van der Waals surface area contributed by atoms with Crippen LogP contribution in [-0.2, 0) is 14.3 Å². The van der Waals surface area contributed by atoms with Crippen LogP contribution < -0.4 is 0 Å². The van der Waals surface area contributed by atoms with E-state index in [1.54, 1.807) is 12.1 Å². The second-order valence-electron chi connectivity index (χ2n) is 3.95. The Morgan fingerprint density at radius 3 is 2.45 bits per heavy atom. The smallest absolute Gasteiger partial charge is 0.335 e. The van der Waals surface area contributed by atoms with Gasteiger partial charge in [0, 0.05) is 11.5 Å². The van der Waals surface area contributed by atoms with E-state index in [4.69, 9.17) is 14.6 Å². The van der Waals surface area contributed by atoms with Crippen molar-refractivity contribution in [3.05, 3.63) is 29.8 Å². The predicted octanol–water partition coefficient (Wildman–Crippen LogP) is 2.45. The van der Waals surface area contributed by atoms with Crippen molar-refractivity contribution in [3.63, 3.8) is 0 Å². The Bertz CT molecular complexity index is 430. The number of rotatable bonds is 9. The Balaban J connectivity index is 2.22. The standard InChI is InChI=1S/C14H18O5S/c1-2-7-18-8-9-19-13(15)10-20-12-5-3-11(4-6-12)14(16)17/h3-6H,2,7-10H2,1H3,(H,16,17). The summed E-state index contributed by atoms with van der Waals surface area (Å²) in [6.07, 6.45) is 0.941. The van der Waals surface area contributed by atoms with E-state index in [0.29, 0.717) is 13.2 Å². The van der Waals surface area contributed by atoms with Gasteiger partial charge < -0.3 is 14.6 Å². The molecular weight excluding hydrogens is 280 g/mol. The van der Waals surface area contributed by atoms with Crippen molar-refractivity contribution in [2.75, 3.05) is 25.6 Å². The van der Waals surface area contributed by atoms with E-state index in [1.165, 1.54) is 23.9 Å². The number of benzene rings is 1. The molecule has 0 aliphatic carbocycles. The molecule has 0 saturated heterocycles. The number of carbonyl (C=O) groups is 2. The second kappa shape index (κ2) is 9.39. The Morgan fingerprint density at radius 2 is 1.85 bits per heavy atom. The molecule has 0 heterocycles. The number of thioether (sulfide) groups is 1. The summed E-state index contributed by atoms with van der Waals surface area (Å²) in [5.41, 5.74) is 0.227. The van der Waals surface area contributed by atoms with Crippen molar-refractivity contribution < 1.29 is 24.2 Å². The van der Waals surface area contributed by atoms with Gasteiger partial charge >= 0.3 is 11.9 Å². The highest BCUT2D eigenvalue weighted by molar-refractivity contribution is 8.00. The quantitative estimate of drug-likeness (QED) is 0.429. The van der Waals surface area contributed by atoms with Crippen molar-refractivity contribution in [2.45, 2.75) is 18.2 Å². The van der Waals surface area contributed by atoms with Crippen LogP contribution in [0.5, 0.6) is 0 Å². The molecule has 0 saturated carbocycles. The number of ether oxygens (including phenoxy) is 2. The van der Waals surface area contributed by atoms with Gasteiger partial charge in [-0.2, -0.15) is 0 Å². The maximum absolute atomic E-state index is 11.4. The summed E-state index contributed by atoms with van der Waals surface area (Å²) in [6, 6.07) is 6.36. The fraction of sp³-hybridized carbons (Fsp3) is 0.429. The summed E-state index contributed by atoms with van der Waals surface area (Å²) in [7, 11) is 0. The molecule has 1 rings (SSSR count). The SMILES string of the molecule is CCCOCCOC(=O)CSc1ccc(C(=O)O)cc1. The molecule has 1 N–H and O–H groups in total. The molecule has 0 fully saturated rings. The molecule has 0 aliphatic heterocycles. The molecule has 5 nitrogen and oxygen atoms in total. The van der Waals surface area contributed by atoms with Crippen molar-refractivity contribution in [2.24, 2.45) is 0 Å². The molecule has 0 amide bonds. The summed E-state index contributed by atoms with van der Waals surface area (Å²) < 4.78 is 10.2. The minimum absolute atomic E-state index is 0.195. The van der Waals surface area contributed by atoms with Gasteiger partial charge in [0.25, 0.3) is 0 Å². The molecule has 0 unspecified atom stereocenters. The van der Waals surface area contributed by atoms with Gasteiger partial charge in [-0.1, -0.05) is 6.92 Å². The first kappa shape index (κ1) is 16.5. The molecule has 0 spiro atoms. The average molecular weight is 298 g/mol. The van der Waals surface area contributed by atoms with E-state index in [9.17, 15) is 9.59 Å². The fourth-order valence-corrected chi connectivity index (χ4v) is 2.03. The highest BCUT2D eigenvalue weighted by Crippen LogP contribution is 2.18. The molecule has 0 atom stereocenters. The largest absolute Gasteiger partial charge is 0.478 e. The van der Waals surface area contributed by atoms with Gasteiger partial charge in [-0.15, -0.1) is 11.8 Å². The van der Waals surface area contributed by atoms with E-state index in [-0.39, 0.29) is 23.9 Å². The van der Waals surface area contributed by atoms with Crippen LogP contribution in [0.1, 0.15) is 23.7 Å². The molecule has 20 heavy (non-hydrogen) atoms. The highest BCUT2D eigenvalue weighted by atomic mass is 32.2. The Hall–Kier alpha value is -1.53. The zero-order chi connectivity index (χ0) is 14.8. The third-order valence-corrected chi connectivity index (χ3v) is 3.28. The second-order valence-corrected chi connectivity index (χ2v) is 5.00. The van der Waals surface area contributed by atoms with E-state index >= 15 is 0 Å². The van der Waals surface area contributed by atoms with Crippen molar-refractivity contribution in [1.82, 2.24) is 0 Å². The van der Waals surface area contributed by atoms with Gasteiger partial charge in [0.2, 0.25) is 0 Å². The minimum atomic E-state index is -0.965. The number of aromatic carboxylic acids is 1. The zero-order valence-corrected chi connectivity index (χ0v) is 12.1. The summed E-state index contributed by atoms with van der Waals surface area (Å²) >= 11 is 1.31. The number of carboxylic acid groups (broad SMARTS) is 1. The molecule has 1 aromatic rings. The lowest BCUT2D eigenvalue weighted by atomic mass is 10.2. The highest BCUT2D eigenvalue weighted by Gasteiger charge is 2.06. The fourth-order valence-electron chi connectivity index (χ4n) is 1.34. The maximum Gasteiger partial charge on any atom is 0.335 e. The molecule has 110 valence electrons. The normalized spacial score (nSPS) is 10.2.